The first-order chi connectivity index (χ1) is 21.5. The van der Waals surface area contributed by atoms with Crippen LogP contribution in [0.25, 0.3) is 11.1 Å². The van der Waals surface area contributed by atoms with E-state index in [2.05, 4.69) is 0 Å². The number of carboxylic acid groups (broad SMARTS) is 2. The zero-order chi connectivity index (χ0) is 32.8. The number of aromatic hydroxyl groups is 2. The second-order valence-electron chi connectivity index (χ2n) is 10.9. The lowest BCUT2D eigenvalue weighted by Gasteiger charge is -2.15. The number of unbranched alkanes of at least 4 members (excludes halogenated alkanes) is 3. The Morgan fingerprint density at radius 3 is 2.18 bits per heavy atom. The normalized spacial score (nSPS) is 11.3. The van der Waals surface area contributed by atoms with Gasteiger partial charge in [-0.2, -0.15) is 0 Å². The Morgan fingerprint density at radius 2 is 1.47 bits per heavy atom. The van der Waals surface area contributed by atoms with Crippen LogP contribution >= 0.6 is 0 Å². The van der Waals surface area contributed by atoms with Gasteiger partial charge in [-0.05, 0) is 97.2 Å². The van der Waals surface area contributed by atoms with E-state index in [1.54, 1.807) is 31.2 Å². The van der Waals surface area contributed by atoms with Crippen LogP contribution in [0.2, 0.25) is 0 Å². The maximum Gasteiger partial charge on any atom is 0.303 e. The number of benzene rings is 3. The van der Waals surface area contributed by atoms with Gasteiger partial charge in [-0.25, -0.2) is 8.42 Å². The van der Waals surface area contributed by atoms with Crippen LogP contribution in [-0.2, 0) is 32.3 Å². The Labute approximate surface area is 264 Å². The third-order valence-electron chi connectivity index (χ3n) is 7.24. The van der Waals surface area contributed by atoms with Crippen LogP contribution in [0.5, 0.6) is 23.0 Å². The number of hydrogen-bond acceptors (Lipinski definition) is 8. The number of rotatable bonds is 20. The molecule has 0 saturated carbocycles. The van der Waals surface area contributed by atoms with Gasteiger partial charge < -0.3 is 29.9 Å². The predicted octanol–water partition coefficient (Wildman–Crippen LogP) is 6.39. The van der Waals surface area contributed by atoms with Gasteiger partial charge in [0.2, 0.25) is 0 Å². The van der Waals surface area contributed by atoms with Crippen molar-refractivity contribution in [2.45, 2.75) is 76.0 Å². The fraction of sp³-hybridized carbons (Fsp3) is 0.412. The average molecular weight is 643 g/mol. The minimum atomic E-state index is -3.53. The fourth-order valence-electron chi connectivity index (χ4n) is 4.95. The number of aryl methyl sites for hydroxylation is 1. The molecule has 3 aromatic rings. The average Bonchev–Trinajstić information content (AvgIpc) is 2.99. The van der Waals surface area contributed by atoms with Crippen LogP contribution < -0.4 is 9.47 Å². The molecule has 0 spiro atoms. The molecule has 10 nitrogen and oxygen atoms in total. The lowest BCUT2D eigenvalue weighted by Crippen LogP contribution is -2.07. The minimum Gasteiger partial charge on any atom is -0.504 e. The van der Waals surface area contributed by atoms with Crippen LogP contribution in [-0.4, -0.2) is 59.7 Å². The molecule has 0 heterocycles. The van der Waals surface area contributed by atoms with Gasteiger partial charge >= 0.3 is 11.9 Å². The number of ether oxygens (including phenoxy) is 2. The van der Waals surface area contributed by atoms with Gasteiger partial charge in [0, 0.05) is 12.8 Å². The fourth-order valence-corrected chi connectivity index (χ4v) is 6.33. The number of phenols is 2. The Hall–Kier alpha value is -4.25. The first kappa shape index (κ1) is 35.2. The molecule has 0 aliphatic carbocycles. The maximum absolute atomic E-state index is 12.9. The predicted molar refractivity (Wildman–Crippen MR) is 170 cm³/mol. The number of aliphatic carboxylic acids is 2. The van der Waals surface area contributed by atoms with E-state index in [0.29, 0.717) is 48.5 Å². The summed E-state index contributed by atoms with van der Waals surface area (Å²) in [6.45, 7) is 2.41. The van der Waals surface area contributed by atoms with Crippen LogP contribution in [0.15, 0.2) is 59.5 Å². The molecule has 0 fully saturated rings. The Balaban J connectivity index is 1.58. The van der Waals surface area contributed by atoms with Crippen molar-refractivity contribution in [1.29, 1.82) is 0 Å². The van der Waals surface area contributed by atoms with Crippen molar-refractivity contribution in [2.24, 2.45) is 0 Å². The van der Waals surface area contributed by atoms with Gasteiger partial charge in [0.15, 0.2) is 21.3 Å². The van der Waals surface area contributed by atoms with E-state index in [9.17, 15) is 33.3 Å². The Morgan fingerprint density at radius 1 is 0.733 bits per heavy atom. The van der Waals surface area contributed by atoms with E-state index in [-0.39, 0.29) is 41.6 Å². The van der Waals surface area contributed by atoms with Gasteiger partial charge in [-0.3, -0.25) is 9.59 Å². The molecule has 0 unspecified atom stereocenters. The SMILES string of the molecule is CCCS(=O)(=O)c1cc(OCCCCCCc2cccc(OCCCC(=O)O)c2CCC(=O)O)cc(-c2ccc(O)c(O)c2)c1. The van der Waals surface area contributed by atoms with Crippen molar-refractivity contribution in [2.75, 3.05) is 19.0 Å². The van der Waals surface area contributed by atoms with E-state index in [0.717, 1.165) is 43.2 Å². The molecule has 0 aliphatic heterocycles. The molecule has 0 aliphatic rings. The van der Waals surface area contributed by atoms with Crippen LogP contribution in [0.1, 0.15) is 69.4 Å². The number of hydrogen-bond donors (Lipinski definition) is 4. The van der Waals surface area contributed by atoms with Crippen molar-refractivity contribution < 1.29 is 47.9 Å². The largest absolute Gasteiger partial charge is 0.504 e. The van der Waals surface area contributed by atoms with E-state index >= 15 is 0 Å². The summed E-state index contributed by atoms with van der Waals surface area (Å²) in [7, 11) is -3.53. The molecule has 4 N–H and O–H groups in total. The summed E-state index contributed by atoms with van der Waals surface area (Å²) in [5, 5.41) is 37.7. The highest BCUT2D eigenvalue weighted by Gasteiger charge is 2.17. The van der Waals surface area contributed by atoms with E-state index in [1.807, 2.05) is 12.1 Å². The second-order valence-corrected chi connectivity index (χ2v) is 13.0. The molecular formula is C34H42O10S. The van der Waals surface area contributed by atoms with Gasteiger partial charge in [0.25, 0.3) is 0 Å². The van der Waals surface area contributed by atoms with E-state index < -0.39 is 21.8 Å². The molecule has 3 rings (SSSR count). The molecule has 45 heavy (non-hydrogen) atoms. The van der Waals surface area contributed by atoms with E-state index in [1.165, 1.54) is 18.2 Å². The summed E-state index contributed by atoms with van der Waals surface area (Å²) >= 11 is 0. The maximum atomic E-state index is 12.9. The van der Waals surface area contributed by atoms with Crippen molar-refractivity contribution >= 4 is 21.8 Å². The molecule has 0 saturated heterocycles. The zero-order valence-electron chi connectivity index (χ0n) is 25.5. The molecule has 3 aromatic carbocycles. The van der Waals surface area contributed by atoms with Crippen LogP contribution in [0.3, 0.4) is 0 Å². The highest BCUT2D eigenvalue weighted by atomic mass is 32.2. The van der Waals surface area contributed by atoms with Gasteiger partial charge in [0.05, 0.1) is 23.9 Å². The number of carbonyl (C=O) groups is 2. The summed E-state index contributed by atoms with van der Waals surface area (Å²) in [6.07, 6.45) is 5.22. The third-order valence-corrected chi connectivity index (χ3v) is 9.14. The molecule has 0 atom stereocenters. The lowest BCUT2D eigenvalue weighted by molar-refractivity contribution is -0.138. The minimum absolute atomic E-state index is 0.00138. The molecule has 0 aromatic heterocycles. The first-order valence-corrected chi connectivity index (χ1v) is 16.9. The summed E-state index contributed by atoms with van der Waals surface area (Å²) in [5.74, 6) is -1.37. The van der Waals surface area contributed by atoms with Crippen LogP contribution in [0, 0.1) is 0 Å². The highest BCUT2D eigenvalue weighted by Crippen LogP contribution is 2.34. The molecule has 11 heteroatoms. The van der Waals surface area contributed by atoms with Crippen molar-refractivity contribution in [3.8, 4) is 34.1 Å². The molecule has 0 amide bonds. The first-order valence-electron chi connectivity index (χ1n) is 15.2. The summed E-state index contributed by atoms with van der Waals surface area (Å²) in [5.41, 5.74) is 2.95. The number of carboxylic acids is 2. The third kappa shape index (κ3) is 11.3. The summed E-state index contributed by atoms with van der Waals surface area (Å²) in [6, 6.07) is 14.7. The van der Waals surface area contributed by atoms with Gasteiger partial charge in [0.1, 0.15) is 11.5 Å². The molecule has 244 valence electrons. The van der Waals surface area contributed by atoms with Gasteiger partial charge in [-0.1, -0.05) is 38.0 Å². The molecule has 0 bridgehead atoms. The quantitative estimate of drug-likeness (QED) is 0.0800. The van der Waals surface area contributed by atoms with E-state index in [4.69, 9.17) is 14.6 Å². The Bertz CT molecular complexity index is 1550. The number of sulfone groups is 1. The molecular weight excluding hydrogens is 600 g/mol. The number of phenolic OH excluding ortho intramolecular Hbond substituents is 2. The molecule has 0 radical (unpaired) electrons. The van der Waals surface area contributed by atoms with Crippen molar-refractivity contribution in [1.82, 2.24) is 0 Å². The summed E-state index contributed by atoms with van der Waals surface area (Å²) in [4.78, 5) is 22.2. The second kappa shape index (κ2) is 17.3. The zero-order valence-corrected chi connectivity index (χ0v) is 26.4. The standard InChI is InChI=1S/C34H42O10S/c1-2-19-45(41,42)28-21-26(25-13-15-30(35)31(36)22-25)20-27(23-28)43-17-6-4-3-5-9-24-10-7-11-32(29(24)14-16-34(39)40)44-18-8-12-33(37)38/h7,10-11,13,15,20-23,35-36H,2-6,8-9,12,14,16-19H2,1H3,(H,37,38)(H,39,40). The summed E-state index contributed by atoms with van der Waals surface area (Å²) < 4.78 is 37.5. The van der Waals surface area contributed by atoms with Crippen LogP contribution in [0.4, 0.5) is 0 Å². The topological polar surface area (TPSA) is 168 Å². The smallest absolute Gasteiger partial charge is 0.303 e. The van der Waals surface area contributed by atoms with Gasteiger partial charge in [-0.15, -0.1) is 0 Å². The highest BCUT2D eigenvalue weighted by molar-refractivity contribution is 7.91. The monoisotopic (exact) mass is 642 g/mol. The Kier molecular flexibility index (Phi) is 13.5. The van der Waals surface area contributed by atoms with Crippen molar-refractivity contribution in [3.05, 3.63) is 65.7 Å². The lowest BCUT2D eigenvalue weighted by atomic mass is 9.97. The van der Waals surface area contributed by atoms with Crippen molar-refractivity contribution in [3.63, 3.8) is 0 Å².